The summed E-state index contributed by atoms with van der Waals surface area (Å²) < 4.78 is 25.1. The number of hydrogen-bond donors (Lipinski definition) is 1. The van der Waals surface area contributed by atoms with Gasteiger partial charge in [-0.3, -0.25) is 4.79 Å². The standard InChI is InChI=1S/C8H11Cl.C8H10F2.C8H14N2.CH2O2/c1-6-3-4-7(2)8(9)5-6;1-2-6-5-7(9)3-4-8(6)10;1-8-3-6-10(7-8)5-2-4-9;2-1-3/h3-4,8H,5H2,1-2H3;5H,2-4H2,1H3;8H,2-3,5-7H2,1H3;1H,(H,2,3). The van der Waals surface area contributed by atoms with Gasteiger partial charge in [0.1, 0.15) is 11.7 Å². The van der Waals surface area contributed by atoms with Gasteiger partial charge < -0.3 is 10.0 Å². The third-order valence-corrected chi connectivity index (χ3v) is 5.82. The van der Waals surface area contributed by atoms with Crippen molar-refractivity contribution in [2.45, 2.75) is 71.6 Å². The molecule has 1 fully saturated rings. The lowest BCUT2D eigenvalue weighted by Crippen LogP contribution is -2.20. The van der Waals surface area contributed by atoms with Crippen molar-refractivity contribution in [3.8, 4) is 6.07 Å². The van der Waals surface area contributed by atoms with Gasteiger partial charge in [0.15, 0.2) is 0 Å². The van der Waals surface area contributed by atoms with Gasteiger partial charge >= 0.3 is 0 Å². The number of nitriles is 1. The summed E-state index contributed by atoms with van der Waals surface area (Å²) in [6.07, 6.45) is 9.60. The highest BCUT2D eigenvalue weighted by atomic mass is 35.5. The van der Waals surface area contributed by atoms with Crippen molar-refractivity contribution < 1.29 is 18.7 Å². The molecular formula is C25H37ClF2N2O2. The van der Waals surface area contributed by atoms with Crippen molar-refractivity contribution in [2.24, 2.45) is 5.92 Å². The Morgan fingerprint density at radius 3 is 2.41 bits per heavy atom. The molecule has 2 atom stereocenters. The highest BCUT2D eigenvalue weighted by Crippen LogP contribution is 2.27. The number of alkyl halides is 1. The fraction of sp³-hybridized carbons (Fsp3) is 0.600. The second-order valence-corrected chi connectivity index (χ2v) is 8.71. The Kier molecular flexibility index (Phi) is 16.5. The lowest BCUT2D eigenvalue weighted by atomic mass is 10.0. The largest absolute Gasteiger partial charge is 0.483 e. The fourth-order valence-corrected chi connectivity index (χ4v) is 3.67. The van der Waals surface area contributed by atoms with E-state index in [1.54, 1.807) is 0 Å². The molecule has 1 saturated heterocycles. The van der Waals surface area contributed by atoms with Crippen molar-refractivity contribution in [3.63, 3.8) is 0 Å². The van der Waals surface area contributed by atoms with Gasteiger partial charge in [0.2, 0.25) is 0 Å². The van der Waals surface area contributed by atoms with Crippen LogP contribution in [0.4, 0.5) is 8.78 Å². The second kappa shape index (κ2) is 17.6. The monoisotopic (exact) mass is 470 g/mol. The molecule has 2 unspecified atom stereocenters. The molecule has 0 radical (unpaired) electrons. The molecule has 0 aromatic heterocycles. The number of halogens is 3. The first-order valence-electron chi connectivity index (χ1n) is 11.1. The van der Waals surface area contributed by atoms with Gasteiger partial charge in [-0.05, 0) is 57.2 Å². The van der Waals surface area contributed by atoms with E-state index in [0.717, 1.165) is 18.9 Å². The minimum Gasteiger partial charge on any atom is -0.483 e. The van der Waals surface area contributed by atoms with E-state index >= 15 is 0 Å². The number of carboxylic acid groups (broad SMARTS) is 1. The minimum absolute atomic E-state index is 0.149. The van der Waals surface area contributed by atoms with Crippen LogP contribution >= 0.6 is 11.6 Å². The Bertz CT molecular complexity index is 739. The number of likely N-dealkylation sites (tertiary alicyclic amines) is 1. The van der Waals surface area contributed by atoms with E-state index in [4.69, 9.17) is 26.8 Å². The number of nitrogens with zero attached hydrogens (tertiary/aromatic N) is 2. The van der Waals surface area contributed by atoms with Crippen molar-refractivity contribution in [1.29, 1.82) is 5.26 Å². The molecule has 1 heterocycles. The molecule has 32 heavy (non-hydrogen) atoms. The van der Waals surface area contributed by atoms with Gasteiger partial charge in [0.05, 0.1) is 11.4 Å². The first kappa shape index (κ1) is 30.0. The van der Waals surface area contributed by atoms with Gasteiger partial charge in [-0.2, -0.15) is 5.26 Å². The average Bonchev–Trinajstić information content (AvgIpc) is 3.18. The van der Waals surface area contributed by atoms with Crippen molar-refractivity contribution in [2.75, 3.05) is 19.6 Å². The summed E-state index contributed by atoms with van der Waals surface area (Å²) in [5.41, 5.74) is 3.17. The Morgan fingerprint density at radius 2 is 1.97 bits per heavy atom. The number of carbonyl (C=O) groups is 1. The van der Waals surface area contributed by atoms with Crippen LogP contribution < -0.4 is 0 Å². The summed E-state index contributed by atoms with van der Waals surface area (Å²) in [4.78, 5) is 10.7. The van der Waals surface area contributed by atoms with Gasteiger partial charge in [-0.15, -0.1) is 11.6 Å². The third-order valence-electron chi connectivity index (χ3n) is 5.32. The maximum atomic E-state index is 12.7. The van der Waals surface area contributed by atoms with Gasteiger partial charge in [0.25, 0.3) is 6.47 Å². The maximum absolute atomic E-state index is 12.7. The van der Waals surface area contributed by atoms with Crippen LogP contribution in [0, 0.1) is 17.2 Å². The summed E-state index contributed by atoms with van der Waals surface area (Å²) in [5.74, 6) is 0.501. The van der Waals surface area contributed by atoms with Gasteiger partial charge in [0, 0.05) is 32.4 Å². The number of hydrogen-bond acceptors (Lipinski definition) is 3. The van der Waals surface area contributed by atoms with Crippen LogP contribution in [0.3, 0.4) is 0 Å². The van der Waals surface area contributed by atoms with E-state index in [2.05, 4.69) is 43.9 Å². The van der Waals surface area contributed by atoms with Crippen LogP contribution in [0.2, 0.25) is 0 Å². The zero-order chi connectivity index (χ0) is 24.5. The predicted octanol–water partition coefficient (Wildman–Crippen LogP) is 7.10. The lowest BCUT2D eigenvalue weighted by Gasteiger charge is -2.13. The average molecular weight is 471 g/mol. The lowest BCUT2D eigenvalue weighted by molar-refractivity contribution is -0.122. The van der Waals surface area contributed by atoms with E-state index in [9.17, 15) is 8.78 Å². The van der Waals surface area contributed by atoms with Crippen molar-refractivity contribution >= 4 is 18.1 Å². The molecule has 0 spiro atoms. The van der Waals surface area contributed by atoms with E-state index in [0.29, 0.717) is 18.4 Å². The normalized spacial score (nSPS) is 22.4. The zero-order valence-electron chi connectivity index (χ0n) is 19.7. The summed E-state index contributed by atoms with van der Waals surface area (Å²) in [6, 6.07) is 2.17. The summed E-state index contributed by atoms with van der Waals surface area (Å²) in [5, 5.41) is 15.5. The summed E-state index contributed by atoms with van der Waals surface area (Å²) >= 11 is 5.95. The van der Waals surface area contributed by atoms with Crippen molar-refractivity contribution in [1.82, 2.24) is 4.90 Å². The molecule has 3 aliphatic rings. The molecule has 0 aromatic rings. The smallest absolute Gasteiger partial charge is 0.290 e. The van der Waals surface area contributed by atoms with Crippen LogP contribution in [0.1, 0.15) is 66.2 Å². The quantitative estimate of drug-likeness (QED) is 0.353. The Hall–Kier alpha value is -1.97. The van der Waals surface area contributed by atoms with E-state index in [-0.39, 0.29) is 36.3 Å². The van der Waals surface area contributed by atoms with Crippen LogP contribution in [-0.2, 0) is 4.79 Å². The fourth-order valence-electron chi connectivity index (χ4n) is 3.35. The number of rotatable bonds is 3. The molecule has 1 aliphatic heterocycles. The topological polar surface area (TPSA) is 64.3 Å². The molecule has 0 aromatic carbocycles. The van der Waals surface area contributed by atoms with Crippen LogP contribution in [0.5, 0.6) is 0 Å². The highest BCUT2D eigenvalue weighted by molar-refractivity contribution is 6.22. The summed E-state index contributed by atoms with van der Waals surface area (Å²) in [7, 11) is 0. The first-order chi connectivity index (χ1) is 15.2. The molecule has 0 amide bonds. The molecule has 0 bridgehead atoms. The molecule has 4 nitrogen and oxygen atoms in total. The van der Waals surface area contributed by atoms with Crippen LogP contribution in [0.25, 0.3) is 0 Å². The predicted molar refractivity (Wildman–Crippen MR) is 128 cm³/mol. The van der Waals surface area contributed by atoms with Crippen LogP contribution in [-0.4, -0.2) is 41.5 Å². The molecule has 0 saturated carbocycles. The van der Waals surface area contributed by atoms with E-state index < -0.39 is 0 Å². The first-order valence-corrected chi connectivity index (χ1v) is 11.5. The highest BCUT2D eigenvalue weighted by Gasteiger charge is 2.17. The molecular weight excluding hydrogens is 434 g/mol. The zero-order valence-corrected chi connectivity index (χ0v) is 20.5. The van der Waals surface area contributed by atoms with Gasteiger partial charge in [-0.1, -0.05) is 37.1 Å². The van der Waals surface area contributed by atoms with Crippen molar-refractivity contribution in [3.05, 3.63) is 46.6 Å². The number of allylic oxidation sites excluding steroid dienone is 8. The minimum atomic E-state index is -0.250. The molecule has 7 heteroatoms. The second-order valence-electron chi connectivity index (χ2n) is 8.18. The van der Waals surface area contributed by atoms with Gasteiger partial charge in [-0.25, -0.2) is 8.78 Å². The SMILES string of the molecule is CC1=CC=C(C)C(Cl)C1.CC1CCN(CCC#N)C1.CCC1=C(F)CCC(F)=C1.O=CO. The maximum Gasteiger partial charge on any atom is 0.290 e. The molecule has 1 N–H and O–H groups in total. The molecule has 3 rings (SSSR count). The Morgan fingerprint density at radius 1 is 1.31 bits per heavy atom. The van der Waals surface area contributed by atoms with E-state index in [1.165, 1.54) is 36.7 Å². The van der Waals surface area contributed by atoms with E-state index in [1.807, 2.05) is 6.92 Å². The Labute approximate surface area is 196 Å². The molecule has 180 valence electrons. The molecule has 2 aliphatic carbocycles. The Balaban J connectivity index is 0.000000425. The van der Waals surface area contributed by atoms with Crippen LogP contribution in [0.15, 0.2) is 46.6 Å². The third kappa shape index (κ3) is 13.4. The summed E-state index contributed by atoms with van der Waals surface area (Å²) in [6.45, 7) is 11.4.